The lowest BCUT2D eigenvalue weighted by atomic mass is 10.2. The molecule has 0 saturated carbocycles. The van der Waals surface area contributed by atoms with Crippen LogP contribution in [0, 0.1) is 0 Å². The fraction of sp³-hybridized carbons (Fsp3) is 0.600. The highest BCUT2D eigenvalue weighted by molar-refractivity contribution is 5.38. The molecule has 5 heteroatoms. The van der Waals surface area contributed by atoms with Crippen LogP contribution in [0.3, 0.4) is 0 Å². The van der Waals surface area contributed by atoms with Crippen LogP contribution in [0.4, 0.5) is 5.82 Å². The molecule has 0 spiro atoms. The Morgan fingerprint density at radius 2 is 2.33 bits per heavy atom. The van der Waals surface area contributed by atoms with E-state index in [0.29, 0.717) is 12.1 Å². The van der Waals surface area contributed by atoms with E-state index < -0.39 is 0 Å². The fourth-order valence-corrected chi connectivity index (χ4v) is 1.35. The number of aryl methyl sites for hydroxylation is 1. The summed E-state index contributed by atoms with van der Waals surface area (Å²) in [5.74, 6) is 0.812. The molecule has 0 aromatic carbocycles. The topological polar surface area (TPSA) is 56.3 Å². The SMILES string of the molecule is CCc1cc(NC2COC2)nc(OC)n1. The van der Waals surface area contributed by atoms with Crippen molar-refractivity contribution >= 4 is 5.82 Å². The van der Waals surface area contributed by atoms with Gasteiger partial charge in [0, 0.05) is 11.8 Å². The maximum absolute atomic E-state index is 5.08. The summed E-state index contributed by atoms with van der Waals surface area (Å²) >= 11 is 0. The largest absolute Gasteiger partial charge is 0.467 e. The first-order chi connectivity index (χ1) is 7.31. The van der Waals surface area contributed by atoms with Gasteiger partial charge in [-0.3, -0.25) is 0 Å². The zero-order valence-corrected chi connectivity index (χ0v) is 8.99. The molecule has 0 bridgehead atoms. The van der Waals surface area contributed by atoms with Crippen molar-refractivity contribution in [1.82, 2.24) is 9.97 Å². The third-order valence-corrected chi connectivity index (χ3v) is 2.29. The molecule has 0 aliphatic carbocycles. The molecule has 1 aliphatic rings. The van der Waals surface area contributed by atoms with Gasteiger partial charge >= 0.3 is 6.01 Å². The molecular weight excluding hydrogens is 194 g/mol. The molecule has 1 saturated heterocycles. The minimum Gasteiger partial charge on any atom is -0.467 e. The molecule has 1 aromatic heterocycles. The van der Waals surface area contributed by atoms with Gasteiger partial charge in [-0.15, -0.1) is 0 Å². The first-order valence-electron chi connectivity index (χ1n) is 5.08. The Kier molecular flexibility index (Phi) is 3.01. The monoisotopic (exact) mass is 209 g/mol. The molecule has 15 heavy (non-hydrogen) atoms. The van der Waals surface area contributed by atoms with Gasteiger partial charge in [0.25, 0.3) is 0 Å². The minimum atomic E-state index is 0.370. The summed E-state index contributed by atoms with van der Waals surface area (Å²) in [7, 11) is 1.57. The first-order valence-corrected chi connectivity index (χ1v) is 5.08. The third kappa shape index (κ3) is 2.36. The zero-order chi connectivity index (χ0) is 10.7. The van der Waals surface area contributed by atoms with Gasteiger partial charge in [-0.25, -0.2) is 4.98 Å². The van der Waals surface area contributed by atoms with Gasteiger partial charge in [0.15, 0.2) is 0 Å². The smallest absolute Gasteiger partial charge is 0.318 e. The first kappa shape index (κ1) is 10.2. The van der Waals surface area contributed by atoms with Crippen molar-refractivity contribution in [2.45, 2.75) is 19.4 Å². The van der Waals surface area contributed by atoms with Crippen molar-refractivity contribution in [2.75, 3.05) is 25.6 Å². The normalized spacial score (nSPS) is 15.9. The lowest BCUT2D eigenvalue weighted by Gasteiger charge is -2.27. The quantitative estimate of drug-likeness (QED) is 0.797. The van der Waals surface area contributed by atoms with Crippen LogP contribution >= 0.6 is 0 Å². The summed E-state index contributed by atoms with van der Waals surface area (Å²) in [6.45, 7) is 3.54. The molecule has 1 fully saturated rings. The zero-order valence-electron chi connectivity index (χ0n) is 8.99. The van der Waals surface area contributed by atoms with Crippen molar-refractivity contribution in [1.29, 1.82) is 0 Å². The molecule has 0 unspecified atom stereocenters. The molecule has 0 radical (unpaired) electrons. The second kappa shape index (κ2) is 4.44. The predicted molar refractivity (Wildman–Crippen MR) is 56.2 cm³/mol. The Morgan fingerprint density at radius 1 is 1.53 bits per heavy atom. The lowest BCUT2D eigenvalue weighted by molar-refractivity contribution is 0.0209. The summed E-state index contributed by atoms with van der Waals surface area (Å²) in [5.41, 5.74) is 0.976. The van der Waals surface area contributed by atoms with Crippen LogP contribution in [-0.4, -0.2) is 36.3 Å². The molecule has 1 aliphatic heterocycles. The van der Waals surface area contributed by atoms with Crippen molar-refractivity contribution in [2.24, 2.45) is 0 Å². The Bertz CT molecular complexity index is 317. The molecule has 5 nitrogen and oxygen atoms in total. The van der Waals surface area contributed by atoms with Crippen molar-refractivity contribution in [3.63, 3.8) is 0 Å². The number of hydrogen-bond donors (Lipinski definition) is 1. The number of methoxy groups -OCH3 is 1. The maximum Gasteiger partial charge on any atom is 0.318 e. The van der Waals surface area contributed by atoms with Crippen molar-refractivity contribution in [3.8, 4) is 6.01 Å². The third-order valence-electron chi connectivity index (χ3n) is 2.29. The molecule has 0 atom stereocenters. The van der Waals surface area contributed by atoms with E-state index in [1.807, 2.05) is 6.07 Å². The number of aromatic nitrogens is 2. The van der Waals surface area contributed by atoms with Gasteiger partial charge in [0.2, 0.25) is 0 Å². The van der Waals surface area contributed by atoms with Crippen molar-refractivity contribution in [3.05, 3.63) is 11.8 Å². The Balaban J connectivity index is 2.13. The number of hydrogen-bond acceptors (Lipinski definition) is 5. The van der Waals surface area contributed by atoms with Crippen LogP contribution in [0.1, 0.15) is 12.6 Å². The van der Waals surface area contributed by atoms with E-state index in [4.69, 9.17) is 9.47 Å². The highest BCUT2D eigenvalue weighted by Crippen LogP contribution is 2.15. The van der Waals surface area contributed by atoms with Gasteiger partial charge in [-0.2, -0.15) is 4.98 Å². The average molecular weight is 209 g/mol. The van der Waals surface area contributed by atoms with E-state index >= 15 is 0 Å². The van der Waals surface area contributed by atoms with Crippen LogP contribution in [0.5, 0.6) is 6.01 Å². The van der Waals surface area contributed by atoms with Gasteiger partial charge in [0.1, 0.15) is 5.82 Å². The molecule has 2 heterocycles. The molecule has 1 N–H and O–H groups in total. The van der Waals surface area contributed by atoms with Gasteiger partial charge in [0.05, 0.1) is 26.4 Å². The lowest BCUT2D eigenvalue weighted by Crippen LogP contribution is -2.40. The van der Waals surface area contributed by atoms with E-state index in [1.165, 1.54) is 0 Å². The molecule has 1 aromatic rings. The van der Waals surface area contributed by atoms with E-state index in [2.05, 4.69) is 22.2 Å². The van der Waals surface area contributed by atoms with Gasteiger partial charge in [-0.05, 0) is 6.42 Å². The van der Waals surface area contributed by atoms with E-state index in [0.717, 1.165) is 31.1 Å². The molecule has 0 amide bonds. The van der Waals surface area contributed by atoms with Gasteiger partial charge in [-0.1, -0.05) is 6.92 Å². The van der Waals surface area contributed by atoms with E-state index in [1.54, 1.807) is 7.11 Å². The highest BCUT2D eigenvalue weighted by atomic mass is 16.5. The predicted octanol–water partition coefficient (Wildman–Crippen LogP) is 0.858. The second-order valence-corrected chi connectivity index (χ2v) is 3.46. The Hall–Kier alpha value is -1.36. The summed E-state index contributed by atoms with van der Waals surface area (Å²) in [6.07, 6.45) is 0.870. The van der Waals surface area contributed by atoms with E-state index in [-0.39, 0.29) is 0 Å². The van der Waals surface area contributed by atoms with Crippen LogP contribution in [0.2, 0.25) is 0 Å². The molecular formula is C10H15N3O2. The number of rotatable bonds is 4. The summed E-state index contributed by atoms with van der Waals surface area (Å²) in [6, 6.07) is 2.73. The molecule has 2 rings (SSSR count). The van der Waals surface area contributed by atoms with Crippen LogP contribution < -0.4 is 10.1 Å². The molecule has 82 valence electrons. The number of ether oxygens (including phenoxy) is 2. The summed E-state index contributed by atoms with van der Waals surface area (Å²) in [5, 5.41) is 3.27. The van der Waals surface area contributed by atoms with Crippen molar-refractivity contribution < 1.29 is 9.47 Å². The van der Waals surface area contributed by atoms with Gasteiger partial charge < -0.3 is 14.8 Å². The minimum absolute atomic E-state index is 0.370. The average Bonchev–Trinajstić information content (AvgIpc) is 2.23. The standard InChI is InChI=1S/C10H15N3O2/c1-3-7-4-9(11-8-5-15-6-8)13-10(12-7)14-2/h4,8H,3,5-6H2,1-2H3,(H,11,12,13). The van der Waals surface area contributed by atoms with Crippen LogP contribution in [-0.2, 0) is 11.2 Å². The Labute approximate surface area is 88.8 Å². The number of anilines is 1. The number of nitrogens with one attached hydrogen (secondary N) is 1. The summed E-state index contributed by atoms with van der Waals surface area (Å²) < 4.78 is 10.1. The maximum atomic E-state index is 5.08. The van der Waals surface area contributed by atoms with Crippen LogP contribution in [0.15, 0.2) is 6.07 Å². The Morgan fingerprint density at radius 3 is 2.87 bits per heavy atom. The summed E-state index contributed by atoms with van der Waals surface area (Å²) in [4.78, 5) is 8.44. The second-order valence-electron chi connectivity index (χ2n) is 3.46. The number of nitrogens with zero attached hydrogens (tertiary/aromatic N) is 2. The fourth-order valence-electron chi connectivity index (χ4n) is 1.35. The van der Waals surface area contributed by atoms with Crippen LogP contribution in [0.25, 0.3) is 0 Å². The highest BCUT2D eigenvalue weighted by Gasteiger charge is 2.18. The van der Waals surface area contributed by atoms with E-state index in [9.17, 15) is 0 Å².